The molecule has 3 aromatic carbocycles. The summed E-state index contributed by atoms with van der Waals surface area (Å²) >= 11 is 12.4. The molecule has 0 saturated carbocycles. The average Bonchev–Trinajstić information content (AvgIpc) is 2.92. The lowest BCUT2D eigenvalue weighted by Gasteiger charge is -2.33. The summed E-state index contributed by atoms with van der Waals surface area (Å²) in [5.41, 5.74) is 1.80. The van der Waals surface area contributed by atoms with Crippen LogP contribution in [-0.4, -0.2) is 51.4 Å². The van der Waals surface area contributed by atoms with Crippen LogP contribution in [0, 0.1) is 6.92 Å². The highest BCUT2D eigenvalue weighted by molar-refractivity contribution is 7.92. The summed E-state index contributed by atoms with van der Waals surface area (Å²) in [5, 5.41) is 3.49. The van der Waals surface area contributed by atoms with Gasteiger partial charge in [0.25, 0.3) is 10.0 Å². The summed E-state index contributed by atoms with van der Waals surface area (Å²) in [6, 6.07) is 16.9. The summed E-state index contributed by atoms with van der Waals surface area (Å²) in [4.78, 5) is 28.4. The van der Waals surface area contributed by atoms with E-state index in [1.54, 1.807) is 50.2 Å². The molecule has 1 atom stereocenters. The van der Waals surface area contributed by atoms with Crippen molar-refractivity contribution >= 4 is 50.7 Å². The van der Waals surface area contributed by atoms with Crippen molar-refractivity contribution in [2.24, 2.45) is 0 Å². The molecule has 40 heavy (non-hydrogen) atoms. The molecule has 0 aliphatic carbocycles. The third-order valence-corrected chi connectivity index (χ3v) is 8.65. The van der Waals surface area contributed by atoms with Gasteiger partial charge in [-0.15, -0.1) is 0 Å². The molecule has 0 spiro atoms. The number of amides is 2. The number of aryl methyl sites for hydroxylation is 1. The molecule has 0 saturated heterocycles. The summed E-state index contributed by atoms with van der Waals surface area (Å²) in [5.74, 6) is -0.528. The van der Waals surface area contributed by atoms with Crippen LogP contribution in [-0.2, 0) is 26.2 Å². The summed E-state index contributed by atoms with van der Waals surface area (Å²) in [7, 11) is -2.76. The van der Waals surface area contributed by atoms with E-state index in [1.807, 2.05) is 6.92 Å². The smallest absolute Gasteiger partial charge is 0.264 e. The van der Waals surface area contributed by atoms with Crippen LogP contribution in [0.1, 0.15) is 31.4 Å². The van der Waals surface area contributed by atoms with Crippen LogP contribution in [0.4, 0.5) is 5.69 Å². The Morgan fingerprint density at radius 2 is 1.62 bits per heavy atom. The second-order valence-corrected chi connectivity index (χ2v) is 11.8. The van der Waals surface area contributed by atoms with E-state index < -0.39 is 28.5 Å². The van der Waals surface area contributed by atoms with Crippen molar-refractivity contribution in [3.63, 3.8) is 0 Å². The first-order valence-corrected chi connectivity index (χ1v) is 15.0. The van der Waals surface area contributed by atoms with Crippen LogP contribution >= 0.6 is 23.2 Å². The lowest BCUT2D eigenvalue weighted by Crippen LogP contribution is -2.52. The van der Waals surface area contributed by atoms with E-state index in [9.17, 15) is 18.0 Å². The number of carbonyl (C=O) groups is 2. The standard InChI is InChI=1S/C29H33Cl2N3O5S/c1-5-26(29(36)32-6-2)33(18-21-9-11-22(30)12-10-21)28(35)19-34(23-13-16-27(39-4)25(31)17-23)40(37,38)24-14-7-20(3)8-15-24/h7-17,26H,5-6,18-19H2,1-4H3,(H,32,36)/t26-/m0/s1. The van der Waals surface area contributed by atoms with E-state index in [2.05, 4.69) is 5.32 Å². The molecule has 0 fully saturated rings. The van der Waals surface area contributed by atoms with Crippen LogP contribution in [0.5, 0.6) is 5.75 Å². The molecular weight excluding hydrogens is 573 g/mol. The second-order valence-electron chi connectivity index (χ2n) is 9.11. The molecule has 0 heterocycles. The molecule has 0 bridgehead atoms. The fraction of sp³-hybridized carbons (Fsp3) is 0.310. The third-order valence-electron chi connectivity index (χ3n) is 6.31. The number of nitrogens with one attached hydrogen (secondary N) is 1. The van der Waals surface area contributed by atoms with Crippen LogP contribution in [0.2, 0.25) is 10.0 Å². The number of rotatable bonds is 12. The van der Waals surface area contributed by atoms with Crippen molar-refractivity contribution in [1.29, 1.82) is 0 Å². The van der Waals surface area contributed by atoms with E-state index in [1.165, 1.54) is 42.3 Å². The van der Waals surface area contributed by atoms with Crippen molar-refractivity contribution in [2.75, 3.05) is 24.5 Å². The number of hydrogen-bond donors (Lipinski definition) is 1. The number of benzene rings is 3. The van der Waals surface area contributed by atoms with Crippen molar-refractivity contribution in [3.8, 4) is 5.75 Å². The Kier molecular flexibility index (Phi) is 10.8. The third kappa shape index (κ3) is 7.47. The maximum Gasteiger partial charge on any atom is 0.264 e. The maximum atomic E-state index is 14.0. The van der Waals surface area contributed by atoms with Crippen LogP contribution in [0.3, 0.4) is 0 Å². The Bertz CT molecular complexity index is 1430. The fourth-order valence-corrected chi connectivity index (χ4v) is 5.96. The molecule has 0 aliphatic heterocycles. The highest BCUT2D eigenvalue weighted by atomic mass is 35.5. The molecule has 0 radical (unpaired) electrons. The Balaban J connectivity index is 2.09. The van der Waals surface area contributed by atoms with Gasteiger partial charge in [-0.25, -0.2) is 8.42 Å². The van der Waals surface area contributed by atoms with Gasteiger partial charge in [-0.3, -0.25) is 13.9 Å². The Hall–Kier alpha value is -3.27. The predicted octanol–water partition coefficient (Wildman–Crippen LogP) is 5.45. The molecule has 0 aliphatic rings. The highest BCUT2D eigenvalue weighted by Crippen LogP contribution is 2.32. The molecule has 1 N–H and O–H groups in total. The number of methoxy groups -OCH3 is 1. The molecule has 8 nitrogen and oxygen atoms in total. The fourth-order valence-electron chi connectivity index (χ4n) is 4.17. The average molecular weight is 607 g/mol. The van der Waals surface area contributed by atoms with Gasteiger partial charge in [-0.2, -0.15) is 0 Å². The number of nitrogens with zero attached hydrogens (tertiary/aromatic N) is 2. The minimum Gasteiger partial charge on any atom is -0.495 e. The van der Waals surface area contributed by atoms with Gasteiger partial charge in [0, 0.05) is 18.1 Å². The first-order valence-electron chi connectivity index (χ1n) is 12.8. The molecule has 214 valence electrons. The number of halogens is 2. The van der Waals surface area contributed by atoms with Crippen LogP contribution in [0.15, 0.2) is 71.6 Å². The number of ether oxygens (including phenoxy) is 1. The number of sulfonamides is 1. The van der Waals surface area contributed by atoms with Crippen molar-refractivity contribution in [1.82, 2.24) is 10.2 Å². The highest BCUT2D eigenvalue weighted by Gasteiger charge is 2.33. The molecule has 11 heteroatoms. The first kappa shape index (κ1) is 31.3. The summed E-state index contributed by atoms with van der Waals surface area (Å²) < 4.78 is 34.1. The van der Waals surface area contributed by atoms with E-state index in [-0.39, 0.29) is 28.1 Å². The number of hydrogen-bond acceptors (Lipinski definition) is 5. The maximum absolute atomic E-state index is 14.0. The molecule has 0 aromatic heterocycles. The topological polar surface area (TPSA) is 96.0 Å². The minimum atomic E-state index is -4.21. The van der Waals surface area contributed by atoms with Crippen LogP contribution in [0.25, 0.3) is 0 Å². The van der Waals surface area contributed by atoms with Gasteiger partial charge >= 0.3 is 0 Å². The zero-order valence-electron chi connectivity index (χ0n) is 22.9. The van der Waals surface area contributed by atoms with Crippen molar-refractivity contribution in [3.05, 3.63) is 87.9 Å². The van der Waals surface area contributed by atoms with Gasteiger partial charge in [0.15, 0.2) is 0 Å². The Morgan fingerprint density at radius 1 is 0.975 bits per heavy atom. The normalized spacial score (nSPS) is 11.9. The number of likely N-dealkylation sites (N-methyl/N-ethyl adjacent to an activating group) is 1. The zero-order chi connectivity index (χ0) is 29.4. The number of anilines is 1. The first-order chi connectivity index (χ1) is 19.0. The van der Waals surface area contributed by atoms with Crippen LogP contribution < -0.4 is 14.4 Å². The van der Waals surface area contributed by atoms with Crippen molar-refractivity contribution in [2.45, 2.75) is 44.7 Å². The van der Waals surface area contributed by atoms with Gasteiger partial charge in [0.2, 0.25) is 11.8 Å². The lowest BCUT2D eigenvalue weighted by molar-refractivity contribution is -0.140. The monoisotopic (exact) mass is 605 g/mol. The van der Waals surface area contributed by atoms with E-state index >= 15 is 0 Å². The molecule has 0 unspecified atom stereocenters. The molecule has 3 rings (SSSR count). The lowest BCUT2D eigenvalue weighted by atomic mass is 10.1. The predicted molar refractivity (Wildman–Crippen MR) is 158 cm³/mol. The Labute approximate surface area is 245 Å². The zero-order valence-corrected chi connectivity index (χ0v) is 25.2. The van der Waals surface area contributed by atoms with E-state index in [4.69, 9.17) is 27.9 Å². The van der Waals surface area contributed by atoms with E-state index in [0.29, 0.717) is 23.7 Å². The second kappa shape index (κ2) is 13.9. The summed E-state index contributed by atoms with van der Waals surface area (Å²) in [6.45, 7) is 5.33. The van der Waals surface area contributed by atoms with Gasteiger partial charge < -0.3 is 15.0 Å². The van der Waals surface area contributed by atoms with E-state index in [0.717, 1.165) is 15.4 Å². The Morgan fingerprint density at radius 3 is 2.17 bits per heavy atom. The van der Waals surface area contributed by atoms with Gasteiger partial charge in [-0.05, 0) is 68.3 Å². The molecular formula is C29H33Cl2N3O5S. The quantitative estimate of drug-likeness (QED) is 0.296. The van der Waals surface area contributed by atoms with Crippen molar-refractivity contribution < 1.29 is 22.7 Å². The van der Waals surface area contributed by atoms with Gasteiger partial charge in [-0.1, -0.05) is 60.0 Å². The molecule has 2 amide bonds. The molecule has 3 aromatic rings. The SMILES string of the molecule is CCNC(=O)[C@H](CC)N(Cc1ccc(Cl)cc1)C(=O)CN(c1ccc(OC)c(Cl)c1)S(=O)(=O)c1ccc(C)cc1. The van der Waals surface area contributed by atoms with Gasteiger partial charge in [0.05, 0.1) is 22.7 Å². The minimum absolute atomic E-state index is 0.0119. The number of carbonyl (C=O) groups excluding carboxylic acids is 2. The van der Waals surface area contributed by atoms with Gasteiger partial charge in [0.1, 0.15) is 18.3 Å². The summed E-state index contributed by atoms with van der Waals surface area (Å²) in [6.07, 6.45) is 0.324. The largest absolute Gasteiger partial charge is 0.495 e.